The first-order valence-corrected chi connectivity index (χ1v) is 7.40. The molecule has 0 bridgehead atoms. The van der Waals surface area contributed by atoms with Crippen molar-refractivity contribution in [1.82, 2.24) is 5.32 Å². The van der Waals surface area contributed by atoms with Crippen molar-refractivity contribution in [2.24, 2.45) is 0 Å². The zero-order valence-electron chi connectivity index (χ0n) is 9.66. The molecule has 1 heterocycles. The molecule has 1 aromatic rings. The van der Waals surface area contributed by atoms with Gasteiger partial charge in [-0.15, -0.1) is 11.3 Å². The molecule has 1 unspecified atom stereocenters. The number of nitrogens with one attached hydrogen (secondary N) is 1. The molecule has 0 aromatic carbocycles. The van der Waals surface area contributed by atoms with Gasteiger partial charge < -0.3 is 11.1 Å². The molecule has 16 heavy (non-hydrogen) atoms. The van der Waals surface area contributed by atoms with E-state index < -0.39 is 0 Å². The predicted molar refractivity (Wildman–Crippen MR) is 73.3 cm³/mol. The largest absolute Gasteiger partial charge is 0.397 e. The number of hydrogen-bond donors (Lipinski definition) is 2. The summed E-state index contributed by atoms with van der Waals surface area (Å²) in [5, 5.41) is 4.80. The lowest BCUT2D eigenvalue weighted by Gasteiger charge is -2.12. The van der Waals surface area contributed by atoms with E-state index in [4.69, 9.17) is 5.73 Å². The smallest absolute Gasteiger partial charge is 0.263 e. The fourth-order valence-corrected chi connectivity index (χ4v) is 2.80. The minimum Gasteiger partial charge on any atom is -0.397 e. The minimum atomic E-state index is -0.0542. The molecule has 3 nitrogen and oxygen atoms in total. The van der Waals surface area contributed by atoms with Gasteiger partial charge in [-0.1, -0.05) is 6.92 Å². The van der Waals surface area contributed by atoms with E-state index in [1.807, 2.05) is 24.1 Å². The summed E-state index contributed by atoms with van der Waals surface area (Å²) in [4.78, 5) is 12.4. The normalized spacial score (nSPS) is 12.4. The fourth-order valence-electron chi connectivity index (χ4n) is 1.27. The molecular weight excluding hydrogens is 240 g/mol. The highest BCUT2D eigenvalue weighted by atomic mass is 32.2. The van der Waals surface area contributed by atoms with Crippen LogP contribution in [0.15, 0.2) is 11.4 Å². The summed E-state index contributed by atoms with van der Waals surface area (Å²) >= 11 is 3.28. The van der Waals surface area contributed by atoms with Gasteiger partial charge in [0.15, 0.2) is 0 Å². The number of carbonyl (C=O) groups is 1. The van der Waals surface area contributed by atoms with Crippen molar-refractivity contribution in [1.29, 1.82) is 0 Å². The van der Waals surface area contributed by atoms with Crippen molar-refractivity contribution in [3.8, 4) is 0 Å². The molecule has 5 heteroatoms. The molecule has 1 amide bonds. The molecule has 1 atom stereocenters. The topological polar surface area (TPSA) is 55.1 Å². The van der Waals surface area contributed by atoms with Crippen LogP contribution in [0.2, 0.25) is 0 Å². The Morgan fingerprint density at radius 1 is 1.69 bits per heavy atom. The van der Waals surface area contributed by atoms with Crippen molar-refractivity contribution >= 4 is 34.7 Å². The molecule has 3 N–H and O–H groups in total. The molecule has 0 aliphatic rings. The zero-order valence-corrected chi connectivity index (χ0v) is 11.3. The predicted octanol–water partition coefficient (Wildman–Crippen LogP) is 2.59. The highest BCUT2D eigenvalue weighted by Gasteiger charge is 2.13. The molecule has 1 rings (SSSR count). The Kier molecular flexibility index (Phi) is 5.69. The zero-order chi connectivity index (χ0) is 12.0. The molecule has 90 valence electrons. The molecular formula is C11H18N2OS2. The molecule has 0 spiro atoms. The van der Waals surface area contributed by atoms with Gasteiger partial charge >= 0.3 is 0 Å². The SMILES string of the molecule is CCSCCC(C)NC(=O)c1sccc1N. The van der Waals surface area contributed by atoms with E-state index in [2.05, 4.69) is 12.2 Å². The average molecular weight is 258 g/mol. The Labute approximate surface area is 105 Å². The van der Waals surface area contributed by atoms with Crippen molar-refractivity contribution in [2.75, 3.05) is 17.2 Å². The van der Waals surface area contributed by atoms with Gasteiger partial charge in [-0.25, -0.2) is 0 Å². The van der Waals surface area contributed by atoms with Gasteiger partial charge in [-0.05, 0) is 36.3 Å². The lowest BCUT2D eigenvalue weighted by Crippen LogP contribution is -2.32. The van der Waals surface area contributed by atoms with E-state index in [0.717, 1.165) is 17.9 Å². The van der Waals surface area contributed by atoms with Crippen LogP contribution >= 0.6 is 23.1 Å². The van der Waals surface area contributed by atoms with Crippen LogP contribution < -0.4 is 11.1 Å². The highest BCUT2D eigenvalue weighted by Crippen LogP contribution is 2.18. The highest BCUT2D eigenvalue weighted by molar-refractivity contribution is 7.99. The second-order valence-corrected chi connectivity index (χ2v) is 5.88. The number of hydrogen-bond acceptors (Lipinski definition) is 4. The van der Waals surface area contributed by atoms with Crippen molar-refractivity contribution in [3.05, 3.63) is 16.3 Å². The number of carbonyl (C=O) groups excluding carboxylic acids is 1. The number of amides is 1. The maximum absolute atomic E-state index is 11.8. The quantitative estimate of drug-likeness (QED) is 0.771. The summed E-state index contributed by atoms with van der Waals surface area (Å²) in [6.45, 7) is 4.16. The molecule has 0 saturated carbocycles. The van der Waals surface area contributed by atoms with Gasteiger partial charge in [-0.3, -0.25) is 4.79 Å². The van der Waals surface area contributed by atoms with Gasteiger partial charge in [0.1, 0.15) is 4.88 Å². The van der Waals surface area contributed by atoms with E-state index in [1.165, 1.54) is 11.3 Å². The van der Waals surface area contributed by atoms with Crippen LogP contribution in [0, 0.1) is 0 Å². The van der Waals surface area contributed by atoms with Gasteiger partial charge in [0.05, 0.1) is 5.69 Å². The number of nitrogen functional groups attached to an aromatic ring is 1. The van der Waals surface area contributed by atoms with Crippen LogP contribution in [0.1, 0.15) is 29.9 Å². The summed E-state index contributed by atoms with van der Waals surface area (Å²) in [5.74, 6) is 2.15. The van der Waals surface area contributed by atoms with Crippen LogP contribution in [-0.2, 0) is 0 Å². The van der Waals surface area contributed by atoms with E-state index >= 15 is 0 Å². The van der Waals surface area contributed by atoms with Gasteiger partial charge in [0.25, 0.3) is 5.91 Å². The second-order valence-electron chi connectivity index (χ2n) is 3.57. The van der Waals surface area contributed by atoms with Gasteiger partial charge in [-0.2, -0.15) is 11.8 Å². The Balaban J connectivity index is 2.37. The van der Waals surface area contributed by atoms with Crippen molar-refractivity contribution in [3.63, 3.8) is 0 Å². The van der Waals surface area contributed by atoms with Crippen LogP contribution in [0.3, 0.4) is 0 Å². The number of thiophene rings is 1. The standard InChI is InChI=1S/C11H18N2OS2/c1-3-15-6-4-8(2)13-11(14)10-9(12)5-7-16-10/h5,7-8H,3-4,6,12H2,1-2H3,(H,13,14). The maximum Gasteiger partial charge on any atom is 0.263 e. The molecule has 0 aliphatic heterocycles. The second kappa shape index (κ2) is 6.81. The molecule has 0 saturated heterocycles. The summed E-state index contributed by atoms with van der Waals surface area (Å²) in [6.07, 6.45) is 0.996. The van der Waals surface area contributed by atoms with E-state index in [9.17, 15) is 4.79 Å². The Morgan fingerprint density at radius 2 is 2.44 bits per heavy atom. The van der Waals surface area contributed by atoms with Gasteiger partial charge in [0, 0.05) is 6.04 Å². The number of nitrogens with two attached hydrogens (primary N) is 1. The maximum atomic E-state index is 11.8. The molecule has 0 aliphatic carbocycles. The average Bonchev–Trinajstić information content (AvgIpc) is 2.65. The third-order valence-electron chi connectivity index (χ3n) is 2.18. The summed E-state index contributed by atoms with van der Waals surface area (Å²) in [6, 6.07) is 1.96. The minimum absolute atomic E-state index is 0.0542. The van der Waals surface area contributed by atoms with Crippen molar-refractivity contribution in [2.45, 2.75) is 26.3 Å². The van der Waals surface area contributed by atoms with E-state index in [-0.39, 0.29) is 11.9 Å². The van der Waals surface area contributed by atoms with Gasteiger partial charge in [0.2, 0.25) is 0 Å². The lowest BCUT2D eigenvalue weighted by molar-refractivity contribution is 0.0944. The van der Waals surface area contributed by atoms with Crippen LogP contribution in [0.5, 0.6) is 0 Å². The Hall–Kier alpha value is -0.680. The van der Waals surface area contributed by atoms with Crippen LogP contribution in [0.25, 0.3) is 0 Å². The third-order valence-corrected chi connectivity index (χ3v) is 4.04. The first-order chi connectivity index (χ1) is 7.65. The summed E-state index contributed by atoms with van der Waals surface area (Å²) in [5.41, 5.74) is 6.25. The van der Waals surface area contributed by atoms with Crippen LogP contribution in [-0.4, -0.2) is 23.5 Å². The monoisotopic (exact) mass is 258 g/mol. The number of anilines is 1. The molecule has 0 fully saturated rings. The Morgan fingerprint density at radius 3 is 3.00 bits per heavy atom. The Bertz CT molecular complexity index is 338. The fraction of sp³-hybridized carbons (Fsp3) is 0.545. The summed E-state index contributed by atoms with van der Waals surface area (Å²) < 4.78 is 0. The number of thioether (sulfide) groups is 1. The van der Waals surface area contributed by atoms with Crippen molar-refractivity contribution < 1.29 is 4.79 Å². The number of rotatable bonds is 6. The first kappa shape index (κ1) is 13.4. The molecule has 1 aromatic heterocycles. The van der Waals surface area contributed by atoms with E-state index in [0.29, 0.717) is 10.6 Å². The first-order valence-electron chi connectivity index (χ1n) is 5.36. The third kappa shape index (κ3) is 4.06. The lowest BCUT2D eigenvalue weighted by atomic mass is 10.2. The molecule has 0 radical (unpaired) electrons. The van der Waals surface area contributed by atoms with Crippen LogP contribution in [0.4, 0.5) is 5.69 Å². The summed E-state index contributed by atoms with van der Waals surface area (Å²) in [7, 11) is 0. The van der Waals surface area contributed by atoms with E-state index in [1.54, 1.807) is 6.07 Å².